The average Bonchev–Trinajstić information content (AvgIpc) is 2.29. The normalized spacial score (nSPS) is 12.0. The van der Waals surface area contributed by atoms with E-state index in [4.69, 9.17) is 9.47 Å². The molecule has 0 saturated heterocycles. The summed E-state index contributed by atoms with van der Waals surface area (Å²) in [6.07, 6.45) is 0. The van der Waals surface area contributed by atoms with Gasteiger partial charge in [-0.3, -0.25) is 0 Å². The lowest BCUT2D eigenvalue weighted by Crippen LogP contribution is -2.18. The SMILES string of the molecule is C=C(C)C(NC)c1cccc(OC)c1OC. The fourth-order valence-electron chi connectivity index (χ4n) is 1.81. The van der Waals surface area contributed by atoms with Gasteiger partial charge in [0.15, 0.2) is 11.5 Å². The summed E-state index contributed by atoms with van der Waals surface area (Å²) < 4.78 is 10.7. The third-order valence-electron chi connectivity index (χ3n) is 2.53. The van der Waals surface area contributed by atoms with Gasteiger partial charge in [0.1, 0.15) is 0 Å². The van der Waals surface area contributed by atoms with E-state index in [1.807, 2.05) is 32.2 Å². The smallest absolute Gasteiger partial charge is 0.165 e. The predicted molar refractivity (Wildman–Crippen MR) is 66.2 cm³/mol. The molecule has 3 nitrogen and oxygen atoms in total. The molecule has 1 unspecified atom stereocenters. The van der Waals surface area contributed by atoms with Crippen molar-refractivity contribution in [2.75, 3.05) is 21.3 Å². The highest BCUT2D eigenvalue weighted by Crippen LogP contribution is 2.36. The van der Waals surface area contributed by atoms with Gasteiger partial charge >= 0.3 is 0 Å². The number of methoxy groups -OCH3 is 2. The van der Waals surface area contributed by atoms with Crippen LogP contribution in [-0.4, -0.2) is 21.3 Å². The van der Waals surface area contributed by atoms with Crippen molar-refractivity contribution in [1.82, 2.24) is 5.32 Å². The molecular weight excluding hydrogens is 202 g/mol. The zero-order chi connectivity index (χ0) is 12.1. The molecular formula is C13H19NO2. The molecule has 0 saturated carbocycles. The summed E-state index contributed by atoms with van der Waals surface area (Å²) >= 11 is 0. The molecule has 0 amide bonds. The first-order valence-electron chi connectivity index (χ1n) is 5.19. The third kappa shape index (κ3) is 2.36. The van der Waals surface area contributed by atoms with Crippen molar-refractivity contribution < 1.29 is 9.47 Å². The zero-order valence-corrected chi connectivity index (χ0v) is 10.3. The van der Waals surface area contributed by atoms with E-state index >= 15 is 0 Å². The van der Waals surface area contributed by atoms with Crippen molar-refractivity contribution in [3.63, 3.8) is 0 Å². The van der Waals surface area contributed by atoms with Crippen molar-refractivity contribution in [3.8, 4) is 11.5 Å². The van der Waals surface area contributed by atoms with Crippen LogP contribution in [0.15, 0.2) is 30.4 Å². The second kappa shape index (κ2) is 5.56. The molecule has 1 aromatic rings. The Bertz CT molecular complexity index is 374. The van der Waals surface area contributed by atoms with Crippen LogP contribution in [0.3, 0.4) is 0 Å². The van der Waals surface area contributed by atoms with E-state index in [2.05, 4.69) is 11.9 Å². The van der Waals surface area contributed by atoms with Crippen molar-refractivity contribution >= 4 is 0 Å². The summed E-state index contributed by atoms with van der Waals surface area (Å²) in [4.78, 5) is 0. The molecule has 0 bridgehead atoms. The Morgan fingerprint density at radius 2 is 2.00 bits per heavy atom. The van der Waals surface area contributed by atoms with Crippen molar-refractivity contribution in [2.45, 2.75) is 13.0 Å². The molecule has 0 aromatic heterocycles. The summed E-state index contributed by atoms with van der Waals surface area (Å²) in [6.45, 7) is 5.96. The van der Waals surface area contributed by atoms with E-state index in [1.165, 1.54) is 0 Å². The Morgan fingerprint density at radius 1 is 1.31 bits per heavy atom. The minimum atomic E-state index is 0.0741. The van der Waals surface area contributed by atoms with Gasteiger partial charge in [0.05, 0.1) is 20.3 Å². The van der Waals surface area contributed by atoms with E-state index in [0.717, 1.165) is 22.6 Å². The fourth-order valence-corrected chi connectivity index (χ4v) is 1.81. The third-order valence-corrected chi connectivity index (χ3v) is 2.53. The lowest BCUT2D eigenvalue weighted by Gasteiger charge is -2.20. The van der Waals surface area contributed by atoms with Crippen LogP contribution in [0.2, 0.25) is 0 Å². The van der Waals surface area contributed by atoms with Crippen molar-refractivity contribution in [1.29, 1.82) is 0 Å². The molecule has 0 fully saturated rings. The molecule has 1 atom stereocenters. The molecule has 3 heteroatoms. The van der Waals surface area contributed by atoms with Gasteiger partial charge in [-0.25, -0.2) is 0 Å². The van der Waals surface area contributed by atoms with Crippen LogP contribution in [0.5, 0.6) is 11.5 Å². The van der Waals surface area contributed by atoms with Crippen LogP contribution in [-0.2, 0) is 0 Å². The number of hydrogen-bond acceptors (Lipinski definition) is 3. The Balaban J connectivity index is 3.25. The quantitative estimate of drug-likeness (QED) is 0.775. The highest BCUT2D eigenvalue weighted by Gasteiger charge is 2.17. The summed E-state index contributed by atoms with van der Waals surface area (Å²) in [5.41, 5.74) is 2.07. The second-order valence-corrected chi connectivity index (χ2v) is 3.65. The summed E-state index contributed by atoms with van der Waals surface area (Å²) in [5, 5.41) is 3.21. The lowest BCUT2D eigenvalue weighted by molar-refractivity contribution is 0.349. The van der Waals surface area contributed by atoms with E-state index in [1.54, 1.807) is 14.2 Å². The summed E-state index contributed by atoms with van der Waals surface area (Å²) in [6, 6.07) is 5.92. The van der Waals surface area contributed by atoms with E-state index < -0.39 is 0 Å². The lowest BCUT2D eigenvalue weighted by atomic mass is 10.00. The van der Waals surface area contributed by atoms with Crippen LogP contribution in [0, 0.1) is 0 Å². The monoisotopic (exact) mass is 221 g/mol. The largest absolute Gasteiger partial charge is 0.493 e. The molecule has 0 aliphatic heterocycles. The van der Waals surface area contributed by atoms with Crippen LogP contribution in [0.1, 0.15) is 18.5 Å². The maximum atomic E-state index is 5.39. The van der Waals surface area contributed by atoms with Gasteiger partial charge in [0.25, 0.3) is 0 Å². The fraction of sp³-hybridized carbons (Fsp3) is 0.385. The highest BCUT2D eigenvalue weighted by molar-refractivity contribution is 5.49. The van der Waals surface area contributed by atoms with Gasteiger partial charge in [-0.1, -0.05) is 24.3 Å². The highest BCUT2D eigenvalue weighted by atomic mass is 16.5. The molecule has 0 spiro atoms. The van der Waals surface area contributed by atoms with E-state index in [9.17, 15) is 0 Å². The topological polar surface area (TPSA) is 30.5 Å². The number of likely N-dealkylation sites (N-methyl/N-ethyl adjacent to an activating group) is 1. The van der Waals surface area contributed by atoms with Crippen LogP contribution >= 0.6 is 0 Å². The Morgan fingerprint density at radius 3 is 2.44 bits per heavy atom. The number of nitrogens with one attached hydrogen (secondary N) is 1. The molecule has 1 N–H and O–H groups in total. The van der Waals surface area contributed by atoms with E-state index in [0.29, 0.717) is 0 Å². The molecule has 0 heterocycles. The first-order chi connectivity index (χ1) is 7.65. The number of rotatable bonds is 5. The maximum absolute atomic E-state index is 5.39. The Labute approximate surface area is 97.1 Å². The van der Waals surface area contributed by atoms with Gasteiger partial charge in [-0.15, -0.1) is 0 Å². The maximum Gasteiger partial charge on any atom is 0.165 e. The van der Waals surface area contributed by atoms with Gasteiger partial charge in [0, 0.05) is 5.56 Å². The number of benzene rings is 1. The minimum absolute atomic E-state index is 0.0741. The molecule has 0 aliphatic rings. The van der Waals surface area contributed by atoms with Gasteiger partial charge in [-0.05, 0) is 20.0 Å². The van der Waals surface area contributed by atoms with Gasteiger partial charge < -0.3 is 14.8 Å². The summed E-state index contributed by atoms with van der Waals surface area (Å²) in [5.74, 6) is 1.49. The average molecular weight is 221 g/mol. The second-order valence-electron chi connectivity index (χ2n) is 3.65. The molecule has 0 aliphatic carbocycles. The van der Waals surface area contributed by atoms with Crippen LogP contribution in [0.25, 0.3) is 0 Å². The molecule has 88 valence electrons. The van der Waals surface area contributed by atoms with Crippen molar-refractivity contribution in [3.05, 3.63) is 35.9 Å². The minimum Gasteiger partial charge on any atom is -0.493 e. The van der Waals surface area contributed by atoms with Crippen LogP contribution in [0.4, 0.5) is 0 Å². The Hall–Kier alpha value is -1.48. The number of hydrogen-bond donors (Lipinski definition) is 1. The number of para-hydroxylation sites is 1. The molecule has 16 heavy (non-hydrogen) atoms. The molecule has 1 aromatic carbocycles. The van der Waals surface area contributed by atoms with Gasteiger partial charge in [-0.2, -0.15) is 0 Å². The standard InChI is InChI=1S/C13H19NO2/c1-9(2)12(14-3)10-7-6-8-11(15-4)13(10)16-5/h6-8,12,14H,1H2,2-5H3. The van der Waals surface area contributed by atoms with Gasteiger partial charge in [0.2, 0.25) is 0 Å². The molecule has 0 radical (unpaired) electrons. The molecule has 1 rings (SSSR count). The summed E-state index contributed by atoms with van der Waals surface area (Å²) in [7, 11) is 5.18. The first kappa shape index (κ1) is 12.6. The van der Waals surface area contributed by atoms with Crippen molar-refractivity contribution in [2.24, 2.45) is 0 Å². The van der Waals surface area contributed by atoms with E-state index in [-0.39, 0.29) is 6.04 Å². The zero-order valence-electron chi connectivity index (χ0n) is 10.3. The number of ether oxygens (including phenoxy) is 2. The first-order valence-corrected chi connectivity index (χ1v) is 5.19. The Kier molecular flexibility index (Phi) is 4.38. The van der Waals surface area contributed by atoms with Crippen LogP contribution < -0.4 is 14.8 Å². The predicted octanol–water partition coefficient (Wildman–Crippen LogP) is 2.54.